The van der Waals surface area contributed by atoms with Gasteiger partial charge in [-0.2, -0.15) is 0 Å². The highest BCUT2D eigenvalue weighted by Crippen LogP contribution is 2.17. The van der Waals surface area contributed by atoms with E-state index >= 15 is 0 Å². The van der Waals surface area contributed by atoms with Crippen molar-refractivity contribution in [2.45, 2.75) is 6.42 Å². The molecule has 3 rings (SSSR count). The summed E-state index contributed by atoms with van der Waals surface area (Å²) in [7, 11) is 2.06. The summed E-state index contributed by atoms with van der Waals surface area (Å²) >= 11 is 0. The molecule has 0 spiro atoms. The topological polar surface area (TPSA) is 45.1 Å². The van der Waals surface area contributed by atoms with Gasteiger partial charge >= 0.3 is 0 Å². The van der Waals surface area contributed by atoms with E-state index in [1.807, 2.05) is 6.07 Å². The van der Waals surface area contributed by atoms with Crippen molar-refractivity contribution in [3.8, 4) is 0 Å². The molecule has 0 bridgehead atoms. The summed E-state index contributed by atoms with van der Waals surface area (Å²) in [4.78, 5) is 7.15. The number of fused-ring (bicyclic) bond motifs is 1. The molecule has 2 aromatic rings. The molecule has 1 aliphatic heterocycles. The molecule has 1 aromatic carbocycles. The van der Waals surface area contributed by atoms with Crippen LogP contribution >= 0.6 is 0 Å². The van der Waals surface area contributed by atoms with Gasteiger partial charge in [0.15, 0.2) is 0 Å². The molecule has 0 saturated carbocycles. The Labute approximate surface area is 120 Å². The molecule has 0 radical (unpaired) electrons. The summed E-state index contributed by atoms with van der Waals surface area (Å²) in [5.41, 5.74) is 2.23. The maximum atomic E-state index is 4.62. The van der Waals surface area contributed by atoms with Crippen molar-refractivity contribution in [1.29, 1.82) is 0 Å². The van der Waals surface area contributed by atoms with Crippen molar-refractivity contribution in [1.82, 2.24) is 19.8 Å². The molecular formula is C15H23N5. The number of imidazole rings is 1. The van der Waals surface area contributed by atoms with Gasteiger partial charge in [-0.3, -0.25) is 0 Å². The minimum atomic E-state index is 0.964. The summed E-state index contributed by atoms with van der Waals surface area (Å²) in [6.45, 7) is 6.73. The highest BCUT2D eigenvalue weighted by atomic mass is 15.2. The molecule has 2 heterocycles. The molecular weight excluding hydrogens is 250 g/mol. The summed E-state index contributed by atoms with van der Waals surface area (Å²) < 4.78 is 2.13. The number of nitrogens with zero attached hydrogens (tertiary/aromatic N) is 3. The number of rotatable bonds is 5. The molecule has 0 atom stereocenters. The molecule has 108 valence electrons. The zero-order valence-corrected chi connectivity index (χ0v) is 12.1. The first-order chi connectivity index (χ1) is 9.84. The van der Waals surface area contributed by atoms with Crippen LogP contribution in [-0.4, -0.2) is 53.7 Å². The fourth-order valence-corrected chi connectivity index (χ4v) is 2.74. The number of piperazine rings is 1. The van der Waals surface area contributed by atoms with E-state index in [1.165, 1.54) is 25.2 Å². The summed E-state index contributed by atoms with van der Waals surface area (Å²) in [5.74, 6) is 0.964. The van der Waals surface area contributed by atoms with Crippen molar-refractivity contribution >= 4 is 17.0 Å². The molecule has 1 fully saturated rings. The SMILES string of the molecule is Cn1c(NCCCN2CCNCC2)nc2ccccc21. The van der Waals surface area contributed by atoms with E-state index in [1.54, 1.807) is 0 Å². The van der Waals surface area contributed by atoms with Crippen LogP contribution in [0.15, 0.2) is 24.3 Å². The van der Waals surface area contributed by atoms with Crippen molar-refractivity contribution in [3.63, 3.8) is 0 Å². The standard InChI is InChI=1S/C15H23N5/c1-19-14-6-3-2-5-13(14)18-15(19)17-7-4-10-20-11-8-16-9-12-20/h2-3,5-6,16H,4,7-12H2,1H3,(H,17,18). The van der Waals surface area contributed by atoms with Crippen LogP contribution in [0, 0.1) is 0 Å². The largest absolute Gasteiger partial charge is 0.356 e. The van der Waals surface area contributed by atoms with Gasteiger partial charge in [-0.1, -0.05) is 12.1 Å². The number of hydrogen-bond donors (Lipinski definition) is 2. The maximum absolute atomic E-state index is 4.62. The van der Waals surface area contributed by atoms with E-state index in [0.29, 0.717) is 0 Å². The first-order valence-corrected chi connectivity index (χ1v) is 7.43. The number of anilines is 1. The third kappa shape index (κ3) is 2.94. The third-order valence-corrected chi connectivity index (χ3v) is 3.93. The quantitative estimate of drug-likeness (QED) is 0.806. The molecule has 5 heteroatoms. The van der Waals surface area contributed by atoms with Crippen molar-refractivity contribution in [2.75, 3.05) is 44.6 Å². The number of aromatic nitrogens is 2. The zero-order valence-electron chi connectivity index (χ0n) is 12.1. The lowest BCUT2D eigenvalue weighted by Gasteiger charge is -2.27. The van der Waals surface area contributed by atoms with Crippen LogP contribution in [0.3, 0.4) is 0 Å². The van der Waals surface area contributed by atoms with Gasteiger partial charge in [-0.25, -0.2) is 4.98 Å². The third-order valence-electron chi connectivity index (χ3n) is 3.93. The van der Waals surface area contributed by atoms with Crippen LogP contribution in [0.4, 0.5) is 5.95 Å². The molecule has 0 unspecified atom stereocenters. The molecule has 2 N–H and O–H groups in total. The fourth-order valence-electron chi connectivity index (χ4n) is 2.74. The normalized spacial score (nSPS) is 16.6. The van der Waals surface area contributed by atoms with Crippen LogP contribution < -0.4 is 10.6 Å². The Morgan fingerprint density at radius 2 is 2.05 bits per heavy atom. The molecule has 1 aliphatic rings. The number of nitrogens with one attached hydrogen (secondary N) is 2. The van der Waals surface area contributed by atoms with Gasteiger partial charge in [0.05, 0.1) is 11.0 Å². The van der Waals surface area contributed by atoms with E-state index in [-0.39, 0.29) is 0 Å². The summed E-state index contributed by atoms with van der Waals surface area (Å²) in [6, 6.07) is 8.25. The highest BCUT2D eigenvalue weighted by Gasteiger charge is 2.09. The predicted octanol–water partition coefficient (Wildman–Crippen LogP) is 1.28. The van der Waals surface area contributed by atoms with Crippen molar-refractivity contribution in [3.05, 3.63) is 24.3 Å². The molecule has 0 amide bonds. The molecule has 20 heavy (non-hydrogen) atoms. The highest BCUT2D eigenvalue weighted by molar-refractivity contribution is 5.78. The number of para-hydroxylation sites is 2. The minimum absolute atomic E-state index is 0.964. The average Bonchev–Trinajstić information content (AvgIpc) is 2.82. The Bertz CT molecular complexity index is 556. The van der Waals surface area contributed by atoms with Crippen LogP contribution in [0.5, 0.6) is 0 Å². The second kappa shape index (κ2) is 6.24. The van der Waals surface area contributed by atoms with E-state index in [2.05, 4.69) is 50.3 Å². The molecule has 0 aliphatic carbocycles. The second-order valence-corrected chi connectivity index (χ2v) is 5.36. The van der Waals surface area contributed by atoms with Gasteiger partial charge in [-0.05, 0) is 25.1 Å². The first kappa shape index (κ1) is 13.4. The number of benzene rings is 1. The number of aryl methyl sites for hydroxylation is 1. The van der Waals surface area contributed by atoms with Gasteiger partial charge < -0.3 is 20.1 Å². The smallest absolute Gasteiger partial charge is 0.203 e. The molecule has 1 saturated heterocycles. The Kier molecular flexibility index (Phi) is 4.18. The van der Waals surface area contributed by atoms with Gasteiger partial charge in [0, 0.05) is 39.8 Å². The molecule has 1 aromatic heterocycles. The van der Waals surface area contributed by atoms with E-state index < -0.39 is 0 Å². The van der Waals surface area contributed by atoms with Crippen LogP contribution in [0.1, 0.15) is 6.42 Å². The summed E-state index contributed by atoms with van der Waals surface area (Å²) in [5, 5.41) is 6.83. The zero-order chi connectivity index (χ0) is 13.8. The average molecular weight is 273 g/mol. The lowest BCUT2D eigenvalue weighted by Crippen LogP contribution is -2.44. The van der Waals surface area contributed by atoms with E-state index in [4.69, 9.17) is 0 Å². The second-order valence-electron chi connectivity index (χ2n) is 5.36. The van der Waals surface area contributed by atoms with Crippen LogP contribution in [0.2, 0.25) is 0 Å². The first-order valence-electron chi connectivity index (χ1n) is 7.43. The van der Waals surface area contributed by atoms with Crippen molar-refractivity contribution in [2.24, 2.45) is 7.05 Å². The lowest BCUT2D eigenvalue weighted by atomic mass is 10.3. The fraction of sp³-hybridized carbons (Fsp3) is 0.533. The van der Waals surface area contributed by atoms with E-state index in [9.17, 15) is 0 Å². The Balaban J connectivity index is 1.51. The lowest BCUT2D eigenvalue weighted by molar-refractivity contribution is 0.240. The Morgan fingerprint density at radius 3 is 2.85 bits per heavy atom. The van der Waals surface area contributed by atoms with Gasteiger partial charge in [0.25, 0.3) is 0 Å². The van der Waals surface area contributed by atoms with Crippen LogP contribution in [0.25, 0.3) is 11.0 Å². The number of hydrogen-bond acceptors (Lipinski definition) is 4. The van der Waals surface area contributed by atoms with Crippen LogP contribution in [-0.2, 0) is 7.05 Å². The minimum Gasteiger partial charge on any atom is -0.356 e. The monoisotopic (exact) mass is 273 g/mol. The van der Waals surface area contributed by atoms with Gasteiger partial charge in [-0.15, -0.1) is 0 Å². The predicted molar refractivity (Wildman–Crippen MR) is 83.1 cm³/mol. The van der Waals surface area contributed by atoms with Crippen molar-refractivity contribution < 1.29 is 0 Å². The maximum Gasteiger partial charge on any atom is 0.203 e. The van der Waals surface area contributed by atoms with Gasteiger partial charge in [0.1, 0.15) is 0 Å². The van der Waals surface area contributed by atoms with E-state index in [0.717, 1.165) is 37.5 Å². The summed E-state index contributed by atoms with van der Waals surface area (Å²) in [6.07, 6.45) is 1.16. The van der Waals surface area contributed by atoms with Gasteiger partial charge in [0.2, 0.25) is 5.95 Å². The molecule has 5 nitrogen and oxygen atoms in total. The Hall–Kier alpha value is -1.59. The Morgan fingerprint density at radius 1 is 1.25 bits per heavy atom.